The summed E-state index contributed by atoms with van der Waals surface area (Å²) in [6.45, 7) is 5.92. The van der Waals surface area contributed by atoms with Gasteiger partial charge in [0.2, 0.25) is 15.9 Å². The molecule has 1 amide bonds. The predicted molar refractivity (Wildman–Crippen MR) is 122 cm³/mol. The van der Waals surface area contributed by atoms with Crippen molar-refractivity contribution in [2.45, 2.75) is 24.7 Å². The van der Waals surface area contributed by atoms with Crippen LogP contribution in [0, 0.1) is 0 Å². The number of carbonyl (C=O) groups excluding carboxylic acids is 1. The number of halogens is 1. The van der Waals surface area contributed by atoms with Crippen molar-refractivity contribution >= 4 is 33.2 Å². The molecule has 0 atom stereocenters. The maximum atomic E-state index is 12.9. The molecule has 1 saturated heterocycles. The van der Waals surface area contributed by atoms with Crippen molar-refractivity contribution < 1.29 is 17.9 Å². The summed E-state index contributed by atoms with van der Waals surface area (Å²) < 4.78 is 32.6. The van der Waals surface area contributed by atoms with Crippen LogP contribution in [0.2, 0.25) is 5.02 Å². The Kier molecular flexibility index (Phi) is 7.59. The van der Waals surface area contributed by atoms with Gasteiger partial charge in [-0.1, -0.05) is 37.6 Å². The molecular formula is C22H28ClN3O4S. The molecule has 2 aromatic rings. The van der Waals surface area contributed by atoms with Crippen LogP contribution < -0.4 is 10.1 Å². The molecule has 0 spiro atoms. The Bertz CT molecular complexity index is 1020. The van der Waals surface area contributed by atoms with E-state index in [0.29, 0.717) is 53.5 Å². The zero-order chi connectivity index (χ0) is 22.6. The zero-order valence-corrected chi connectivity index (χ0v) is 19.5. The molecule has 7 nitrogen and oxygen atoms in total. The molecule has 1 aliphatic rings. The van der Waals surface area contributed by atoms with E-state index in [0.717, 1.165) is 5.56 Å². The number of nitrogens with zero attached hydrogens (tertiary/aromatic N) is 2. The second-order valence-electron chi connectivity index (χ2n) is 7.80. The van der Waals surface area contributed by atoms with Crippen molar-refractivity contribution in [3.63, 3.8) is 0 Å². The van der Waals surface area contributed by atoms with Crippen LogP contribution in [0.15, 0.2) is 47.4 Å². The molecule has 1 aliphatic heterocycles. The highest BCUT2D eigenvalue weighted by molar-refractivity contribution is 7.89. The number of hydrogen-bond acceptors (Lipinski definition) is 5. The van der Waals surface area contributed by atoms with Gasteiger partial charge in [0.25, 0.3) is 0 Å². The number of hydrogen-bond donors (Lipinski definition) is 1. The van der Waals surface area contributed by atoms with Crippen molar-refractivity contribution in [1.82, 2.24) is 9.21 Å². The van der Waals surface area contributed by atoms with Crippen LogP contribution in [0.1, 0.15) is 25.3 Å². The molecule has 31 heavy (non-hydrogen) atoms. The first kappa shape index (κ1) is 23.5. The lowest BCUT2D eigenvalue weighted by atomic mass is 10.0. The first-order valence-electron chi connectivity index (χ1n) is 10.2. The lowest BCUT2D eigenvalue weighted by Crippen LogP contribution is -2.50. The van der Waals surface area contributed by atoms with E-state index in [2.05, 4.69) is 19.2 Å². The summed E-state index contributed by atoms with van der Waals surface area (Å²) in [7, 11) is -2.02. The first-order valence-corrected chi connectivity index (χ1v) is 12.0. The molecule has 1 fully saturated rings. The molecule has 0 radical (unpaired) electrons. The topological polar surface area (TPSA) is 79.0 Å². The first-order chi connectivity index (χ1) is 14.7. The van der Waals surface area contributed by atoms with E-state index in [4.69, 9.17) is 16.3 Å². The number of rotatable bonds is 7. The second-order valence-corrected chi connectivity index (χ2v) is 10.2. The van der Waals surface area contributed by atoms with E-state index in [1.54, 1.807) is 30.3 Å². The molecule has 0 unspecified atom stereocenters. The van der Waals surface area contributed by atoms with Gasteiger partial charge in [-0.15, -0.1) is 0 Å². The van der Waals surface area contributed by atoms with Gasteiger partial charge in [0.05, 0.1) is 24.2 Å². The van der Waals surface area contributed by atoms with E-state index in [1.807, 2.05) is 17.0 Å². The molecule has 0 aliphatic carbocycles. The Morgan fingerprint density at radius 2 is 1.74 bits per heavy atom. The number of piperazine rings is 1. The summed E-state index contributed by atoms with van der Waals surface area (Å²) in [4.78, 5) is 14.7. The molecule has 168 valence electrons. The van der Waals surface area contributed by atoms with Gasteiger partial charge >= 0.3 is 0 Å². The summed E-state index contributed by atoms with van der Waals surface area (Å²) in [5.41, 5.74) is 1.61. The highest BCUT2D eigenvalue weighted by Crippen LogP contribution is 2.27. The van der Waals surface area contributed by atoms with Crippen LogP contribution in [-0.2, 0) is 14.8 Å². The summed E-state index contributed by atoms with van der Waals surface area (Å²) in [5.74, 6) is 0.664. The highest BCUT2D eigenvalue weighted by atomic mass is 35.5. The van der Waals surface area contributed by atoms with E-state index < -0.39 is 10.0 Å². The molecule has 2 aromatic carbocycles. The average molecular weight is 466 g/mol. The smallest absolute Gasteiger partial charge is 0.243 e. The molecule has 0 bridgehead atoms. The van der Waals surface area contributed by atoms with Crippen molar-refractivity contribution in [2.24, 2.45) is 0 Å². The number of carbonyl (C=O) groups is 1. The van der Waals surface area contributed by atoms with Gasteiger partial charge < -0.3 is 10.1 Å². The van der Waals surface area contributed by atoms with Gasteiger partial charge in [0, 0.05) is 31.2 Å². The Balaban J connectivity index is 1.56. The molecule has 0 aromatic heterocycles. The van der Waals surface area contributed by atoms with E-state index >= 15 is 0 Å². The van der Waals surface area contributed by atoms with Crippen molar-refractivity contribution in [3.8, 4) is 5.75 Å². The lowest BCUT2D eigenvalue weighted by molar-refractivity contribution is -0.117. The van der Waals surface area contributed by atoms with Crippen molar-refractivity contribution in [2.75, 3.05) is 45.2 Å². The quantitative estimate of drug-likeness (QED) is 0.677. The van der Waals surface area contributed by atoms with Gasteiger partial charge in [0.15, 0.2) is 0 Å². The Morgan fingerprint density at radius 3 is 2.32 bits per heavy atom. The summed E-state index contributed by atoms with van der Waals surface area (Å²) in [6, 6.07) is 12.1. The second kappa shape index (κ2) is 9.99. The standard InChI is InChI=1S/C22H28ClN3O4S/c1-16(2)17-4-7-19(8-5-17)31(28,29)26-12-10-25(11-13-26)15-22(27)24-20-14-18(23)6-9-21(20)30-3/h4-9,14,16H,10-13,15H2,1-3H3,(H,24,27). The Labute approximate surface area is 189 Å². The lowest BCUT2D eigenvalue weighted by Gasteiger charge is -2.33. The van der Waals surface area contributed by atoms with Crippen LogP contribution in [0.4, 0.5) is 5.69 Å². The molecule has 9 heteroatoms. The minimum atomic E-state index is -3.54. The number of ether oxygens (including phenoxy) is 1. The van der Waals surface area contributed by atoms with Gasteiger partial charge in [-0.3, -0.25) is 9.69 Å². The molecular weight excluding hydrogens is 438 g/mol. The monoisotopic (exact) mass is 465 g/mol. The van der Waals surface area contributed by atoms with Crippen LogP contribution >= 0.6 is 11.6 Å². The average Bonchev–Trinajstić information content (AvgIpc) is 2.74. The zero-order valence-electron chi connectivity index (χ0n) is 18.0. The van der Waals surface area contributed by atoms with Crippen LogP contribution in [0.3, 0.4) is 0 Å². The van der Waals surface area contributed by atoms with Gasteiger partial charge in [-0.05, 0) is 41.8 Å². The highest BCUT2D eigenvalue weighted by Gasteiger charge is 2.29. The van der Waals surface area contributed by atoms with Gasteiger partial charge in [-0.2, -0.15) is 4.31 Å². The third-order valence-electron chi connectivity index (χ3n) is 5.32. The van der Waals surface area contributed by atoms with Crippen molar-refractivity contribution in [3.05, 3.63) is 53.1 Å². The van der Waals surface area contributed by atoms with Crippen LogP contribution in [0.5, 0.6) is 5.75 Å². The maximum absolute atomic E-state index is 12.9. The number of methoxy groups -OCH3 is 1. The minimum Gasteiger partial charge on any atom is -0.495 e. The third kappa shape index (κ3) is 5.77. The number of anilines is 1. The molecule has 3 rings (SSSR count). The number of nitrogens with one attached hydrogen (secondary N) is 1. The molecule has 1 heterocycles. The fourth-order valence-electron chi connectivity index (χ4n) is 3.47. The number of sulfonamides is 1. The number of amides is 1. The largest absolute Gasteiger partial charge is 0.495 e. The van der Waals surface area contributed by atoms with Crippen LogP contribution in [-0.4, -0.2) is 63.4 Å². The van der Waals surface area contributed by atoms with Gasteiger partial charge in [0.1, 0.15) is 5.75 Å². The summed E-state index contributed by atoms with van der Waals surface area (Å²) in [5, 5.41) is 3.31. The van der Waals surface area contributed by atoms with E-state index in [-0.39, 0.29) is 12.5 Å². The summed E-state index contributed by atoms with van der Waals surface area (Å²) >= 11 is 6.00. The third-order valence-corrected chi connectivity index (χ3v) is 7.47. The molecule has 0 saturated carbocycles. The van der Waals surface area contributed by atoms with Crippen molar-refractivity contribution in [1.29, 1.82) is 0 Å². The normalized spacial score (nSPS) is 15.8. The predicted octanol–water partition coefficient (Wildman–Crippen LogP) is 3.42. The Morgan fingerprint density at radius 1 is 1.10 bits per heavy atom. The molecule has 1 N–H and O–H groups in total. The van der Waals surface area contributed by atoms with Gasteiger partial charge in [-0.25, -0.2) is 8.42 Å². The number of benzene rings is 2. The van der Waals surface area contributed by atoms with E-state index in [9.17, 15) is 13.2 Å². The summed E-state index contributed by atoms with van der Waals surface area (Å²) in [6.07, 6.45) is 0. The fraction of sp³-hybridized carbons (Fsp3) is 0.409. The minimum absolute atomic E-state index is 0.159. The van der Waals surface area contributed by atoms with E-state index in [1.165, 1.54) is 11.4 Å². The maximum Gasteiger partial charge on any atom is 0.243 e. The fourth-order valence-corrected chi connectivity index (χ4v) is 5.07. The SMILES string of the molecule is COc1ccc(Cl)cc1NC(=O)CN1CCN(S(=O)(=O)c2ccc(C(C)C)cc2)CC1. The van der Waals surface area contributed by atoms with Crippen LogP contribution in [0.25, 0.3) is 0 Å². The Hall–Kier alpha value is -2.13.